The molecule has 1 aliphatic rings. The molecule has 1 atom stereocenters. The largest absolute Gasteiger partial charge is 0.493 e. The average Bonchev–Trinajstić information content (AvgIpc) is 3.20. The molecular weight excluding hydrogens is 498 g/mol. The van der Waals surface area contributed by atoms with Crippen LogP contribution < -0.4 is 29.7 Å². The number of nitrogens with one attached hydrogen (secondary N) is 1. The van der Waals surface area contributed by atoms with Gasteiger partial charge >= 0.3 is 11.9 Å². The van der Waals surface area contributed by atoms with Gasteiger partial charge in [-0.05, 0) is 49.7 Å². The number of hydrogen-bond acceptors (Lipinski definition) is 9. The average molecular weight is 524 g/mol. The number of carbonyl (C=O) groups excluding carboxylic acids is 1. The molecule has 0 amide bonds. The normalized spacial score (nSPS) is 15.0. The van der Waals surface area contributed by atoms with Crippen molar-refractivity contribution in [3.05, 3.63) is 84.5 Å². The van der Waals surface area contributed by atoms with Crippen molar-refractivity contribution in [2.75, 3.05) is 26.1 Å². The Kier molecular flexibility index (Phi) is 7.44. The lowest BCUT2D eigenvalue weighted by Crippen LogP contribution is -2.40. The lowest BCUT2D eigenvalue weighted by Gasteiger charge is -2.25. The monoisotopic (exact) mass is 523 g/mol. The first-order valence-corrected chi connectivity index (χ1v) is 12.1. The van der Waals surface area contributed by atoms with E-state index in [4.69, 9.17) is 14.2 Å². The van der Waals surface area contributed by atoms with E-state index >= 15 is 0 Å². The lowest BCUT2D eigenvalue weighted by atomic mass is 9.95. The molecule has 0 saturated heterocycles. The first-order chi connectivity index (χ1) is 17.8. The van der Waals surface area contributed by atoms with Gasteiger partial charge in [-0.3, -0.25) is 9.36 Å². The first-order valence-electron chi connectivity index (χ1n) is 11.3. The summed E-state index contributed by atoms with van der Waals surface area (Å²) in [7, 11) is 3.03. The first kappa shape index (κ1) is 25.7. The van der Waals surface area contributed by atoms with E-state index in [0.29, 0.717) is 37.8 Å². The molecule has 0 radical (unpaired) electrons. The van der Waals surface area contributed by atoms with Crippen LogP contribution in [0.2, 0.25) is 0 Å². The molecular formula is C26H25N3O7S. The van der Waals surface area contributed by atoms with E-state index in [1.54, 1.807) is 44.2 Å². The minimum absolute atomic E-state index is 0.114. The predicted molar refractivity (Wildman–Crippen MR) is 138 cm³/mol. The fourth-order valence-electron chi connectivity index (χ4n) is 4.02. The van der Waals surface area contributed by atoms with E-state index in [-0.39, 0.29) is 23.3 Å². The highest BCUT2D eigenvalue weighted by molar-refractivity contribution is 7.07. The zero-order chi connectivity index (χ0) is 26.7. The number of carbonyl (C=O) groups is 2. The van der Waals surface area contributed by atoms with Crippen molar-refractivity contribution >= 4 is 35.2 Å². The van der Waals surface area contributed by atoms with Gasteiger partial charge in [0.2, 0.25) is 0 Å². The number of aromatic nitrogens is 1. The Morgan fingerprint density at radius 3 is 2.59 bits per heavy atom. The van der Waals surface area contributed by atoms with Crippen LogP contribution in [-0.4, -0.2) is 42.4 Å². The van der Waals surface area contributed by atoms with Crippen LogP contribution >= 0.6 is 11.3 Å². The Hall–Kier alpha value is -4.38. The molecule has 11 heteroatoms. The van der Waals surface area contributed by atoms with Crippen molar-refractivity contribution in [2.45, 2.75) is 19.9 Å². The van der Waals surface area contributed by atoms with E-state index in [1.807, 2.05) is 0 Å². The van der Waals surface area contributed by atoms with Crippen LogP contribution in [0.15, 0.2) is 63.5 Å². The molecule has 4 rings (SSSR count). The smallest absolute Gasteiger partial charge is 0.338 e. The van der Waals surface area contributed by atoms with E-state index in [9.17, 15) is 19.5 Å². The van der Waals surface area contributed by atoms with Crippen molar-refractivity contribution in [1.82, 2.24) is 4.57 Å². The number of benzene rings is 2. The number of aromatic carboxylic acids is 1. The van der Waals surface area contributed by atoms with Gasteiger partial charge in [-0.1, -0.05) is 23.5 Å². The third kappa shape index (κ3) is 4.98. The molecule has 2 aromatic carbocycles. The van der Waals surface area contributed by atoms with Gasteiger partial charge in [-0.2, -0.15) is 0 Å². The van der Waals surface area contributed by atoms with Crippen molar-refractivity contribution in [3.63, 3.8) is 0 Å². The Labute approximate surface area is 215 Å². The highest BCUT2D eigenvalue weighted by Gasteiger charge is 2.33. The highest BCUT2D eigenvalue weighted by Crippen LogP contribution is 2.36. The molecule has 37 heavy (non-hydrogen) atoms. The summed E-state index contributed by atoms with van der Waals surface area (Å²) in [6.07, 6.45) is 1.50. The van der Waals surface area contributed by atoms with Crippen LogP contribution in [0.4, 0.5) is 5.69 Å². The number of carboxylic acid groups (broad SMARTS) is 1. The fourth-order valence-corrected chi connectivity index (χ4v) is 4.99. The standard InChI is InChI=1S/C26H25N3O7S/c1-5-36-25(33)21-14(2)28-26-29(22(21)15-9-10-18(34-3)19(12-15)35-4)23(30)20(37-26)13-27-17-8-6-7-16(11-17)24(31)32/h6-13,22,27H,5H2,1-4H3,(H,31,32)/b20-13-/t22-/m0/s1. The molecule has 1 aliphatic heterocycles. The van der Waals surface area contributed by atoms with E-state index in [0.717, 1.165) is 11.3 Å². The van der Waals surface area contributed by atoms with Gasteiger partial charge < -0.3 is 24.6 Å². The Balaban J connectivity index is 1.87. The van der Waals surface area contributed by atoms with Crippen molar-refractivity contribution in [2.24, 2.45) is 4.99 Å². The van der Waals surface area contributed by atoms with Crippen molar-refractivity contribution in [1.29, 1.82) is 0 Å². The summed E-state index contributed by atoms with van der Waals surface area (Å²) in [6.45, 7) is 3.57. The minimum atomic E-state index is -1.06. The predicted octanol–water partition coefficient (Wildman–Crippen LogP) is 2.54. The molecule has 10 nitrogen and oxygen atoms in total. The second kappa shape index (κ2) is 10.7. The van der Waals surface area contributed by atoms with Gasteiger partial charge in [-0.15, -0.1) is 0 Å². The maximum atomic E-state index is 13.6. The van der Waals surface area contributed by atoms with Crippen molar-refractivity contribution in [3.8, 4) is 11.5 Å². The summed E-state index contributed by atoms with van der Waals surface area (Å²) < 4.78 is 17.9. The summed E-state index contributed by atoms with van der Waals surface area (Å²) in [4.78, 5) is 42.9. The molecule has 192 valence electrons. The molecule has 0 fully saturated rings. The van der Waals surface area contributed by atoms with Gasteiger partial charge in [0.05, 0.1) is 43.7 Å². The summed E-state index contributed by atoms with van der Waals surface area (Å²) in [5.74, 6) is -0.675. The molecule has 2 N–H and O–H groups in total. The van der Waals surface area contributed by atoms with E-state index < -0.39 is 18.0 Å². The van der Waals surface area contributed by atoms with Crippen LogP contribution in [0, 0.1) is 0 Å². The number of carboxylic acids is 1. The SMILES string of the molecule is CCOC(=O)C1=C(C)N=c2s/c(=C\Nc3cccc(C(=O)O)c3)c(=O)n2[C@H]1c1ccc(OC)c(OC)c1. The molecule has 0 spiro atoms. The third-order valence-corrected chi connectivity index (χ3v) is 6.70. The number of nitrogens with zero attached hydrogens (tertiary/aromatic N) is 2. The van der Waals surface area contributed by atoms with Crippen molar-refractivity contribution < 1.29 is 28.9 Å². The molecule has 0 aliphatic carbocycles. The number of anilines is 1. The molecule has 2 heterocycles. The number of thiazole rings is 1. The summed E-state index contributed by atoms with van der Waals surface area (Å²) in [6, 6.07) is 10.6. The fraction of sp³-hybridized carbons (Fsp3) is 0.231. The molecule has 0 saturated carbocycles. The van der Waals surface area contributed by atoms with Crippen LogP contribution in [0.25, 0.3) is 6.20 Å². The number of esters is 1. The molecule has 0 bridgehead atoms. The topological polar surface area (TPSA) is 128 Å². The van der Waals surface area contributed by atoms with Crippen LogP contribution in [-0.2, 0) is 9.53 Å². The van der Waals surface area contributed by atoms with Gasteiger partial charge in [0, 0.05) is 11.9 Å². The molecule has 3 aromatic rings. The second-order valence-electron chi connectivity index (χ2n) is 7.95. The van der Waals surface area contributed by atoms with Gasteiger partial charge in [0.15, 0.2) is 16.3 Å². The third-order valence-electron chi connectivity index (χ3n) is 5.72. The Morgan fingerprint density at radius 2 is 1.92 bits per heavy atom. The van der Waals surface area contributed by atoms with Crippen LogP contribution in [0.3, 0.4) is 0 Å². The van der Waals surface area contributed by atoms with Gasteiger partial charge in [0.25, 0.3) is 5.56 Å². The highest BCUT2D eigenvalue weighted by atomic mass is 32.1. The number of hydrogen-bond donors (Lipinski definition) is 2. The number of fused-ring (bicyclic) bond motifs is 1. The number of methoxy groups -OCH3 is 2. The maximum absolute atomic E-state index is 13.6. The second-order valence-corrected chi connectivity index (χ2v) is 8.96. The van der Waals surface area contributed by atoms with Gasteiger partial charge in [-0.25, -0.2) is 14.6 Å². The minimum Gasteiger partial charge on any atom is -0.493 e. The molecule has 0 unspecified atom stereocenters. The quantitative estimate of drug-likeness (QED) is 0.431. The molecule has 1 aromatic heterocycles. The number of rotatable bonds is 8. The number of ether oxygens (including phenoxy) is 3. The lowest BCUT2D eigenvalue weighted by molar-refractivity contribution is -0.139. The zero-order valence-corrected chi connectivity index (χ0v) is 21.4. The summed E-state index contributed by atoms with van der Waals surface area (Å²) in [5.41, 5.74) is 1.54. The Morgan fingerprint density at radius 1 is 1.16 bits per heavy atom. The Bertz CT molecular complexity index is 1590. The summed E-state index contributed by atoms with van der Waals surface area (Å²) >= 11 is 1.15. The summed E-state index contributed by atoms with van der Waals surface area (Å²) in [5, 5.41) is 12.2. The van der Waals surface area contributed by atoms with Crippen LogP contribution in [0.1, 0.15) is 35.8 Å². The van der Waals surface area contributed by atoms with Gasteiger partial charge in [0.1, 0.15) is 4.53 Å². The van der Waals surface area contributed by atoms with E-state index in [2.05, 4.69) is 10.3 Å². The zero-order valence-electron chi connectivity index (χ0n) is 20.6. The maximum Gasteiger partial charge on any atom is 0.338 e. The number of allylic oxidation sites excluding steroid dienone is 1. The van der Waals surface area contributed by atoms with Crippen LogP contribution in [0.5, 0.6) is 11.5 Å². The van der Waals surface area contributed by atoms with E-state index in [1.165, 1.54) is 37.1 Å².